The predicted octanol–water partition coefficient (Wildman–Crippen LogP) is 4.01. The van der Waals surface area contributed by atoms with Crippen molar-refractivity contribution in [2.75, 3.05) is 13.2 Å². The van der Waals surface area contributed by atoms with Gasteiger partial charge in [0.2, 0.25) is 17.7 Å². The average Bonchev–Trinajstić information content (AvgIpc) is 3.65. The van der Waals surface area contributed by atoms with Gasteiger partial charge in [-0.2, -0.15) is 0 Å². The van der Waals surface area contributed by atoms with Crippen molar-refractivity contribution in [2.24, 2.45) is 5.73 Å². The highest BCUT2D eigenvalue weighted by Crippen LogP contribution is 2.22. The number of carbonyl (C=O) groups is 5. The summed E-state index contributed by atoms with van der Waals surface area (Å²) in [4.78, 5) is 66.2. The van der Waals surface area contributed by atoms with Crippen LogP contribution in [0.3, 0.4) is 0 Å². The molecule has 51 heavy (non-hydrogen) atoms. The zero-order valence-corrected chi connectivity index (χ0v) is 29.2. The second-order valence-corrected chi connectivity index (χ2v) is 13.0. The first-order chi connectivity index (χ1) is 24.5. The zero-order valence-electron chi connectivity index (χ0n) is 29.2. The molecule has 272 valence electrons. The van der Waals surface area contributed by atoms with E-state index < -0.39 is 53.3 Å². The lowest BCUT2D eigenvalue weighted by atomic mass is 9.95. The number of carboxylic acid groups (broad SMARTS) is 1. The van der Waals surface area contributed by atoms with Crippen molar-refractivity contribution in [3.8, 4) is 5.75 Å². The molecule has 4 atom stereocenters. The maximum Gasteiger partial charge on any atom is 0.338 e. The van der Waals surface area contributed by atoms with Crippen molar-refractivity contribution in [2.45, 2.75) is 89.1 Å². The molecule has 1 saturated heterocycles. The first-order valence-corrected chi connectivity index (χ1v) is 17.4. The summed E-state index contributed by atoms with van der Waals surface area (Å²) in [6.07, 6.45) is 2.46. The van der Waals surface area contributed by atoms with Crippen molar-refractivity contribution in [3.05, 3.63) is 102 Å². The van der Waals surface area contributed by atoms with Gasteiger partial charge < -0.3 is 35.8 Å². The number of aliphatic carboxylic acids is 1. The van der Waals surface area contributed by atoms with E-state index in [2.05, 4.69) is 10.6 Å². The Labute approximate surface area is 298 Å². The molecule has 0 aromatic heterocycles. The van der Waals surface area contributed by atoms with E-state index in [0.717, 1.165) is 11.1 Å². The van der Waals surface area contributed by atoms with Crippen molar-refractivity contribution in [1.82, 2.24) is 15.5 Å². The van der Waals surface area contributed by atoms with Crippen LogP contribution in [0.2, 0.25) is 0 Å². The summed E-state index contributed by atoms with van der Waals surface area (Å²) in [6.45, 7) is 4.12. The largest absolute Gasteiger partial charge is 0.489 e. The number of likely N-dealkylation sites (tertiary alicyclic amines) is 1. The Morgan fingerprint density at radius 3 is 2.25 bits per heavy atom. The Kier molecular flexibility index (Phi) is 14.1. The molecule has 4 rings (SSSR count). The van der Waals surface area contributed by atoms with E-state index in [1.54, 1.807) is 62.4 Å². The number of ether oxygens (including phenoxy) is 2. The fraction of sp³-hybridized carbons (Fsp3) is 0.410. The molecule has 12 nitrogen and oxygen atoms in total. The van der Waals surface area contributed by atoms with Crippen molar-refractivity contribution in [3.63, 3.8) is 0 Å². The number of esters is 1. The summed E-state index contributed by atoms with van der Waals surface area (Å²) in [5.41, 5.74) is 6.97. The molecule has 0 radical (unpaired) electrons. The molecule has 1 aliphatic rings. The van der Waals surface area contributed by atoms with Gasteiger partial charge in [0.05, 0.1) is 18.2 Å². The van der Waals surface area contributed by atoms with Crippen LogP contribution in [0.25, 0.3) is 0 Å². The number of rotatable bonds is 18. The highest BCUT2D eigenvalue weighted by Gasteiger charge is 2.41. The number of hydrogen-bond acceptors (Lipinski definition) is 8. The third-order valence-corrected chi connectivity index (χ3v) is 9.13. The van der Waals surface area contributed by atoms with E-state index in [-0.39, 0.29) is 26.0 Å². The van der Waals surface area contributed by atoms with Gasteiger partial charge in [-0.05, 0) is 80.8 Å². The number of unbranched alkanes of at least 4 members (excludes halogenated alkanes) is 1. The first-order valence-electron chi connectivity index (χ1n) is 17.4. The summed E-state index contributed by atoms with van der Waals surface area (Å²) in [7, 11) is 0. The molecule has 1 aliphatic heterocycles. The van der Waals surface area contributed by atoms with Gasteiger partial charge in [0.1, 0.15) is 30.0 Å². The van der Waals surface area contributed by atoms with E-state index in [0.29, 0.717) is 50.0 Å². The SMILES string of the molecule is CC[C@](C)(NC(=O)[C@@H](N)CCCCOC(=O)c1ccccc1)C(=O)N[C@@H](Cc1ccc(OCc2ccccc2)cc1)C(=O)N1CCC[C@@H]1C(=O)O. The van der Waals surface area contributed by atoms with E-state index in [1.165, 1.54) is 4.90 Å². The van der Waals surface area contributed by atoms with Crippen LogP contribution in [0, 0.1) is 0 Å². The van der Waals surface area contributed by atoms with Gasteiger partial charge in [0.25, 0.3) is 0 Å². The Bertz CT molecular complexity index is 1620. The van der Waals surface area contributed by atoms with Crippen LogP contribution in [0.1, 0.15) is 73.9 Å². The Hall–Kier alpha value is -5.23. The predicted molar refractivity (Wildman–Crippen MR) is 191 cm³/mol. The molecule has 0 aliphatic carbocycles. The summed E-state index contributed by atoms with van der Waals surface area (Å²) in [6, 6.07) is 22.5. The standard InChI is InChI=1S/C39H48N4O8/c1-3-39(2,42-34(44)31(40)17-10-11-24-50-37(48)29-15-8-5-9-16-29)38(49)41-32(35(45)43-23-12-18-33(43)36(46)47)25-27-19-21-30(22-20-27)51-26-28-13-6-4-7-14-28/h4-9,13-16,19-22,31-33H,3,10-12,17-18,23-26,40H2,1-2H3,(H,41,49)(H,42,44)(H,46,47)/t31-,32-,33+,39-/m0/s1. The van der Waals surface area contributed by atoms with Crippen molar-refractivity contribution < 1.29 is 38.6 Å². The van der Waals surface area contributed by atoms with Crippen LogP contribution < -0.4 is 21.1 Å². The Morgan fingerprint density at radius 1 is 0.941 bits per heavy atom. The number of benzene rings is 3. The lowest BCUT2D eigenvalue weighted by Gasteiger charge is -2.33. The van der Waals surface area contributed by atoms with Crippen LogP contribution in [-0.2, 0) is 36.9 Å². The van der Waals surface area contributed by atoms with E-state index in [4.69, 9.17) is 15.2 Å². The monoisotopic (exact) mass is 700 g/mol. The molecule has 5 N–H and O–H groups in total. The second-order valence-electron chi connectivity index (χ2n) is 13.0. The summed E-state index contributed by atoms with van der Waals surface area (Å²) >= 11 is 0. The van der Waals surface area contributed by atoms with Gasteiger partial charge in [-0.15, -0.1) is 0 Å². The normalized spacial score (nSPS) is 16.3. The number of amides is 3. The summed E-state index contributed by atoms with van der Waals surface area (Å²) in [5, 5.41) is 15.3. The fourth-order valence-corrected chi connectivity index (χ4v) is 5.79. The third kappa shape index (κ3) is 11.1. The highest BCUT2D eigenvalue weighted by atomic mass is 16.5. The summed E-state index contributed by atoms with van der Waals surface area (Å²) in [5.74, 6) is -2.52. The molecule has 1 heterocycles. The molecule has 1 fully saturated rings. The third-order valence-electron chi connectivity index (χ3n) is 9.13. The van der Waals surface area contributed by atoms with Crippen LogP contribution in [-0.4, -0.2) is 76.5 Å². The molecule has 0 bridgehead atoms. The van der Waals surface area contributed by atoms with Crippen LogP contribution in [0.5, 0.6) is 5.75 Å². The minimum Gasteiger partial charge on any atom is -0.489 e. The van der Waals surface area contributed by atoms with Gasteiger partial charge in [-0.25, -0.2) is 9.59 Å². The molecule has 3 aromatic carbocycles. The molecule has 0 saturated carbocycles. The van der Waals surface area contributed by atoms with E-state index >= 15 is 0 Å². The number of nitrogens with one attached hydrogen (secondary N) is 2. The fourth-order valence-electron chi connectivity index (χ4n) is 5.79. The summed E-state index contributed by atoms with van der Waals surface area (Å²) < 4.78 is 11.2. The maximum absolute atomic E-state index is 13.9. The van der Waals surface area contributed by atoms with E-state index in [1.807, 2.05) is 36.4 Å². The molecule has 3 aromatic rings. The second kappa shape index (κ2) is 18.7. The van der Waals surface area contributed by atoms with Gasteiger partial charge >= 0.3 is 11.9 Å². The number of carbonyl (C=O) groups excluding carboxylic acids is 4. The quantitative estimate of drug-likeness (QED) is 0.113. The number of carboxylic acids is 1. The average molecular weight is 701 g/mol. The number of nitrogens with two attached hydrogens (primary N) is 1. The molecule has 0 spiro atoms. The highest BCUT2D eigenvalue weighted by molar-refractivity contribution is 5.96. The lowest BCUT2D eigenvalue weighted by Crippen LogP contribution is -2.63. The minimum absolute atomic E-state index is 0.0917. The molecule has 0 unspecified atom stereocenters. The van der Waals surface area contributed by atoms with E-state index in [9.17, 15) is 29.1 Å². The molecular formula is C39H48N4O8. The van der Waals surface area contributed by atoms with Crippen LogP contribution in [0.15, 0.2) is 84.9 Å². The number of nitrogens with zero attached hydrogens (tertiary/aromatic N) is 1. The maximum atomic E-state index is 13.9. The molecular weight excluding hydrogens is 652 g/mol. The van der Waals surface area contributed by atoms with Crippen LogP contribution >= 0.6 is 0 Å². The van der Waals surface area contributed by atoms with Gasteiger partial charge in [-0.3, -0.25) is 14.4 Å². The molecule has 3 amide bonds. The van der Waals surface area contributed by atoms with Gasteiger partial charge in [0, 0.05) is 13.0 Å². The van der Waals surface area contributed by atoms with Gasteiger partial charge in [0.15, 0.2) is 0 Å². The Morgan fingerprint density at radius 2 is 1.61 bits per heavy atom. The minimum atomic E-state index is -1.41. The van der Waals surface area contributed by atoms with Gasteiger partial charge in [-0.1, -0.05) is 67.6 Å². The lowest BCUT2D eigenvalue weighted by molar-refractivity contribution is -0.149. The molecule has 12 heteroatoms. The van der Waals surface area contributed by atoms with Crippen molar-refractivity contribution >= 4 is 29.7 Å². The van der Waals surface area contributed by atoms with Crippen LogP contribution in [0.4, 0.5) is 0 Å². The van der Waals surface area contributed by atoms with Crippen molar-refractivity contribution in [1.29, 1.82) is 0 Å². The number of hydrogen-bond donors (Lipinski definition) is 4. The zero-order chi connectivity index (χ0) is 36.8. The first kappa shape index (κ1) is 38.6. The smallest absolute Gasteiger partial charge is 0.338 e. The topological polar surface area (TPSA) is 177 Å². The Balaban J connectivity index is 1.36.